The van der Waals surface area contributed by atoms with Gasteiger partial charge in [-0.1, -0.05) is 33.4 Å². The number of amides is 2. The van der Waals surface area contributed by atoms with E-state index in [1.54, 1.807) is 4.90 Å². The zero-order valence-electron chi connectivity index (χ0n) is 21.8. The Labute approximate surface area is 208 Å². The van der Waals surface area contributed by atoms with Gasteiger partial charge in [0, 0.05) is 18.7 Å². The fourth-order valence-electron chi connectivity index (χ4n) is 4.31. The van der Waals surface area contributed by atoms with E-state index in [1.807, 2.05) is 0 Å². The number of piperidine rings is 1. The van der Waals surface area contributed by atoms with E-state index in [9.17, 15) is 14.7 Å². The lowest BCUT2D eigenvalue weighted by Crippen LogP contribution is -2.58. The van der Waals surface area contributed by atoms with Gasteiger partial charge in [-0.15, -0.1) is 0 Å². The van der Waals surface area contributed by atoms with Crippen LogP contribution in [-0.2, 0) is 9.16 Å². The largest absolute Gasteiger partial charge is 0.493 e. The van der Waals surface area contributed by atoms with Gasteiger partial charge in [0.2, 0.25) is 0 Å². The Morgan fingerprint density at radius 1 is 1.23 bits per heavy atom. The molecule has 10 heteroatoms. The van der Waals surface area contributed by atoms with Crippen LogP contribution in [0, 0.1) is 0 Å². The first-order valence-electron chi connectivity index (χ1n) is 11.9. The first-order valence-corrected chi connectivity index (χ1v) is 14.8. The first kappa shape index (κ1) is 27.0. The van der Waals surface area contributed by atoms with E-state index < -0.39 is 26.7 Å². The van der Waals surface area contributed by atoms with Crippen LogP contribution in [0.25, 0.3) is 0 Å². The minimum absolute atomic E-state index is 0.0197. The molecule has 0 aromatic heterocycles. The molecule has 1 aromatic carbocycles. The fourth-order valence-corrected chi connectivity index (χ4v) is 5.71. The smallest absolute Gasteiger partial charge is 0.416 e. The third-order valence-corrected chi connectivity index (χ3v) is 11.8. The van der Waals surface area contributed by atoms with Crippen molar-refractivity contribution in [1.29, 1.82) is 0 Å². The predicted octanol–water partition coefficient (Wildman–Crippen LogP) is 4.16. The standard InChI is InChI=1S/C25H38N2O7Si/c1-9-12-33-24(30)27-18-15-21(32-6)20(31-5)14-17(18)22(28)26-11-10-16(13-19(26)23(27)29)34-35(7,8)25(2,3)4/h9,14-16,19,23,29H,1,10-13H2,2-8H3/t16-,19?,23?/m1/s1. The Kier molecular flexibility index (Phi) is 7.88. The molecule has 2 amide bonds. The lowest BCUT2D eigenvalue weighted by atomic mass is 9.97. The molecule has 9 nitrogen and oxygen atoms in total. The van der Waals surface area contributed by atoms with Gasteiger partial charge in [-0.25, -0.2) is 9.69 Å². The number of nitrogens with zero attached hydrogens (tertiary/aromatic N) is 2. The average Bonchev–Trinajstić information content (AvgIpc) is 2.88. The second-order valence-electron chi connectivity index (χ2n) is 10.5. The Morgan fingerprint density at radius 3 is 2.43 bits per heavy atom. The number of aliphatic hydroxyl groups excluding tert-OH is 1. The number of hydrogen-bond acceptors (Lipinski definition) is 7. The van der Waals surface area contributed by atoms with E-state index in [4.69, 9.17) is 18.6 Å². The molecule has 0 saturated carbocycles. The number of fused-ring (bicyclic) bond motifs is 2. The number of anilines is 1. The van der Waals surface area contributed by atoms with E-state index in [0.29, 0.717) is 30.9 Å². The van der Waals surface area contributed by atoms with E-state index in [1.165, 1.54) is 32.4 Å². The summed E-state index contributed by atoms with van der Waals surface area (Å²) in [5, 5.41) is 11.6. The molecule has 3 rings (SSSR count). The van der Waals surface area contributed by atoms with Crippen molar-refractivity contribution in [3.8, 4) is 11.5 Å². The molecule has 35 heavy (non-hydrogen) atoms. The van der Waals surface area contributed by atoms with E-state index in [-0.39, 0.29) is 34.9 Å². The second kappa shape index (κ2) is 10.2. The summed E-state index contributed by atoms with van der Waals surface area (Å²) < 4.78 is 22.7. The minimum Gasteiger partial charge on any atom is -0.493 e. The number of hydrogen-bond donors (Lipinski definition) is 1. The molecular weight excluding hydrogens is 468 g/mol. The number of carbonyl (C=O) groups excluding carboxylic acids is 2. The quantitative estimate of drug-likeness (QED) is 0.457. The molecule has 0 bridgehead atoms. The van der Waals surface area contributed by atoms with Gasteiger partial charge in [-0.05, 0) is 37.0 Å². The molecule has 0 spiro atoms. The van der Waals surface area contributed by atoms with Crippen molar-refractivity contribution < 1.29 is 33.3 Å². The molecule has 2 unspecified atom stereocenters. The number of aliphatic hydroxyl groups is 1. The number of methoxy groups -OCH3 is 2. The van der Waals surface area contributed by atoms with Gasteiger partial charge in [0.1, 0.15) is 6.61 Å². The highest BCUT2D eigenvalue weighted by molar-refractivity contribution is 6.74. The van der Waals surface area contributed by atoms with Gasteiger partial charge in [-0.3, -0.25) is 4.79 Å². The maximum Gasteiger partial charge on any atom is 0.416 e. The molecule has 1 N–H and O–H groups in total. The van der Waals surface area contributed by atoms with Crippen LogP contribution in [0.4, 0.5) is 10.5 Å². The minimum atomic E-state index is -2.08. The van der Waals surface area contributed by atoms with Crippen LogP contribution in [0.15, 0.2) is 24.8 Å². The van der Waals surface area contributed by atoms with Gasteiger partial charge in [-0.2, -0.15) is 0 Å². The molecule has 2 aliphatic rings. The summed E-state index contributed by atoms with van der Waals surface area (Å²) in [4.78, 5) is 29.6. The SMILES string of the molecule is C=CCOC(=O)N1c2cc(OC)c(OC)cc2C(=O)N2CC[C@@H](O[Si](C)(C)C(C)(C)C)CC2C1O. The van der Waals surface area contributed by atoms with Crippen molar-refractivity contribution in [3.63, 3.8) is 0 Å². The number of benzene rings is 1. The third-order valence-electron chi connectivity index (χ3n) is 7.25. The number of ether oxygens (including phenoxy) is 3. The topological polar surface area (TPSA) is 97.8 Å². The molecule has 3 atom stereocenters. The molecule has 0 radical (unpaired) electrons. The zero-order valence-corrected chi connectivity index (χ0v) is 22.8. The van der Waals surface area contributed by atoms with Crippen LogP contribution in [0.5, 0.6) is 11.5 Å². The summed E-state index contributed by atoms with van der Waals surface area (Å²) in [7, 11) is 0.859. The highest BCUT2D eigenvalue weighted by atomic mass is 28.4. The van der Waals surface area contributed by atoms with Gasteiger partial charge >= 0.3 is 6.09 Å². The molecule has 2 aliphatic heterocycles. The maximum absolute atomic E-state index is 13.7. The maximum atomic E-state index is 13.7. The first-order chi connectivity index (χ1) is 16.4. The predicted molar refractivity (Wildman–Crippen MR) is 136 cm³/mol. The Balaban J connectivity index is 2.05. The van der Waals surface area contributed by atoms with Gasteiger partial charge in [0.25, 0.3) is 5.91 Å². The fraction of sp³-hybridized carbons (Fsp3) is 0.600. The zero-order chi connectivity index (χ0) is 26.1. The monoisotopic (exact) mass is 506 g/mol. The Hall–Kier alpha value is -2.56. The van der Waals surface area contributed by atoms with E-state index in [2.05, 4.69) is 40.4 Å². The summed E-state index contributed by atoms with van der Waals surface area (Å²) in [6.07, 6.45) is 0.210. The highest BCUT2D eigenvalue weighted by Crippen LogP contribution is 2.43. The summed E-state index contributed by atoms with van der Waals surface area (Å²) in [6, 6.07) is 2.39. The third kappa shape index (κ3) is 5.19. The second-order valence-corrected chi connectivity index (χ2v) is 15.2. The lowest BCUT2D eigenvalue weighted by molar-refractivity contribution is -0.00772. The summed E-state index contributed by atoms with van der Waals surface area (Å²) in [5.74, 6) is 0.379. The van der Waals surface area contributed by atoms with Crippen LogP contribution < -0.4 is 14.4 Å². The van der Waals surface area contributed by atoms with Gasteiger partial charge < -0.3 is 28.6 Å². The summed E-state index contributed by atoms with van der Waals surface area (Å²) >= 11 is 0. The molecule has 194 valence electrons. The van der Waals surface area contributed by atoms with Crippen LogP contribution in [0.2, 0.25) is 18.1 Å². The molecule has 1 saturated heterocycles. The van der Waals surface area contributed by atoms with E-state index in [0.717, 1.165) is 4.90 Å². The highest BCUT2D eigenvalue weighted by Gasteiger charge is 2.48. The van der Waals surface area contributed by atoms with Crippen LogP contribution >= 0.6 is 0 Å². The number of rotatable bonds is 6. The van der Waals surface area contributed by atoms with Crippen molar-refractivity contribution in [1.82, 2.24) is 4.90 Å². The normalized spacial score (nSPS) is 22.6. The van der Waals surface area contributed by atoms with Crippen molar-refractivity contribution >= 4 is 26.0 Å². The van der Waals surface area contributed by atoms with Crippen molar-refractivity contribution in [2.75, 3.05) is 32.3 Å². The van der Waals surface area contributed by atoms with Crippen molar-refractivity contribution in [2.45, 2.75) is 70.1 Å². The van der Waals surface area contributed by atoms with Crippen LogP contribution in [-0.4, -0.2) is 76.1 Å². The molecule has 2 heterocycles. The van der Waals surface area contributed by atoms with Gasteiger partial charge in [0.15, 0.2) is 26.0 Å². The van der Waals surface area contributed by atoms with Crippen molar-refractivity contribution in [3.05, 3.63) is 30.4 Å². The lowest BCUT2D eigenvalue weighted by Gasteiger charge is -2.45. The molecule has 1 fully saturated rings. The van der Waals surface area contributed by atoms with Crippen molar-refractivity contribution in [2.24, 2.45) is 0 Å². The van der Waals surface area contributed by atoms with E-state index >= 15 is 0 Å². The van der Waals surface area contributed by atoms with Gasteiger partial charge in [0.05, 0.1) is 31.5 Å². The molecule has 0 aliphatic carbocycles. The number of carbonyl (C=O) groups is 2. The average molecular weight is 507 g/mol. The summed E-state index contributed by atoms with van der Waals surface area (Å²) in [5.41, 5.74) is 0.425. The molecule has 1 aromatic rings. The van der Waals surface area contributed by atoms with Crippen LogP contribution in [0.1, 0.15) is 44.0 Å². The Morgan fingerprint density at radius 2 is 1.86 bits per heavy atom. The van der Waals surface area contributed by atoms with Crippen LogP contribution in [0.3, 0.4) is 0 Å². The molecular formula is C25H38N2O7Si. The summed E-state index contributed by atoms with van der Waals surface area (Å²) in [6.45, 7) is 14.8. The Bertz CT molecular complexity index is 975.